The number of hydrogen-bond donors (Lipinski definition) is 1. The molecule has 21 heavy (non-hydrogen) atoms. The summed E-state index contributed by atoms with van der Waals surface area (Å²) in [7, 11) is 2.16. The predicted molar refractivity (Wildman–Crippen MR) is 89.4 cm³/mol. The van der Waals surface area contributed by atoms with Crippen LogP contribution in [0, 0.1) is 12.3 Å². The summed E-state index contributed by atoms with van der Waals surface area (Å²) >= 11 is 0. The van der Waals surface area contributed by atoms with E-state index in [2.05, 4.69) is 51.8 Å². The molecule has 0 fully saturated rings. The number of nitrogens with two attached hydrogens (primary N) is 1. The highest BCUT2D eigenvalue weighted by Gasteiger charge is 2.31. The predicted octanol–water partition coefficient (Wildman–Crippen LogP) is 4.11. The van der Waals surface area contributed by atoms with E-state index in [1.165, 1.54) is 10.9 Å². The maximum absolute atomic E-state index is 6.12. The molecule has 116 valence electrons. The van der Waals surface area contributed by atoms with Gasteiger partial charge in [-0.15, -0.1) is 0 Å². The topological polar surface area (TPSA) is 42.4 Å². The number of hydrogen-bond acceptors (Lipinski definition) is 3. The van der Waals surface area contributed by atoms with E-state index in [1.54, 1.807) is 0 Å². The highest BCUT2D eigenvalue weighted by atomic mass is 16.3. The summed E-state index contributed by atoms with van der Waals surface area (Å²) in [5.41, 5.74) is 8.50. The van der Waals surface area contributed by atoms with Crippen LogP contribution in [-0.4, -0.2) is 24.5 Å². The lowest BCUT2D eigenvalue weighted by Crippen LogP contribution is -2.43. The summed E-state index contributed by atoms with van der Waals surface area (Å²) in [4.78, 5) is 2.38. The third-order valence-corrected chi connectivity index (χ3v) is 4.73. The molecule has 3 nitrogen and oxygen atoms in total. The van der Waals surface area contributed by atoms with Gasteiger partial charge in [-0.2, -0.15) is 0 Å². The molecule has 2 aromatic rings. The Kier molecular flexibility index (Phi) is 4.45. The molecule has 3 heteroatoms. The van der Waals surface area contributed by atoms with Gasteiger partial charge in [0.2, 0.25) is 0 Å². The highest BCUT2D eigenvalue weighted by molar-refractivity contribution is 5.82. The third-order valence-electron chi connectivity index (χ3n) is 4.73. The number of furan rings is 1. The van der Waals surface area contributed by atoms with Gasteiger partial charge in [0, 0.05) is 23.5 Å². The van der Waals surface area contributed by atoms with Crippen LogP contribution in [0.1, 0.15) is 45.1 Å². The second kappa shape index (κ2) is 5.82. The van der Waals surface area contributed by atoms with Crippen LogP contribution < -0.4 is 5.73 Å². The Bertz CT molecular complexity index is 609. The molecule has 0 radical (unpaired) electrons. The lowest BCUT2D eigenvalue weighted by Gasteiger charge is -2.40. The van der Waals surface area contributed by atoms with Gasteiger partial charge >= 0.3 is 0 Å². The quantitative estimate of drug-likeness (QED) is 0.920. The van der Waals surface area contributed by atoms with Gasteiger partial charge in [-0.3, -0.25) is 4.90 Å². The zero-order valence-corrected chi connectivity index (χ0v) is 14.1. The van der Waals surface area contributed by atoms with Crippen molar-refractivity contribution in [3.8, 4) is 0 Å². The van der Waals surface area contributed by atoms with E-state index in [9.17, 15) is 0 Å². The van der Waals surface area contributed by atoms with E-state index in [0.29, 0.717) is 12.6 Å². The van der Waals surface area contributed by atoms with Crippen molar-refractivity contribution in [2.75, 3.05) is 13.6 Å². The third kappa shape index (κ3) is 2.99. The molecule has 0 amide bonds. The van der Waals surface area contributed by atoms with Gasteiger partial charge in [-0.05, 0) is 32.4 Å². The molecule has 0 saturated carbocycles. The molecular weight excluding hydrogens is 260 g/mol. The minimum atomic E-state index is 0.169. The Morgan fingerprint density at radius 1 is 1.24 bits per heavy atom. The summed E-state index contributed by atoms with van der Waals surface area (Å²) in [5, 5.41) is 1.18. The fraction of sp³-hybridized carbons (Fsp3) is 0.556. The molecule has 2 rings (SSSR count). The second-order valence-electron chi connectivity index (χ2n) is 7.03. The van der Waals surface area contributed by atoms with E-state index >= 15 is 0 Å². The average Bonchev–Trinajstić information content (AvgIpc) is 2.74. The lowest BCUT2D eigenvalue weighted by atomic mass is 9.85. The maximum Gasteiger partial charge on any atom is 0.134 e. The molecule has 1 aromatic heterocycles. The number of aryl methyl sites for hydroxylation is 1. The molecule has 1 heterocycles. The second-order valence-corrected chi connectivity index (χ2v) is 7.03. The van der Waals surface area contributed by atoms with Crippen molar-refractivity contribution in [2.45, 2.75) is 46.7 Å². The normalized spacial score (nSPS) is 15.6. The van der Waals surface area contributed by atoms with Gasteiger partial charge in [0.1, 0.15) is 11.3 Å². The van der Waals surface area contributed by atoms with Crippen LogP contribution in [0.25, 0.3) is 11.0 Å². The fourth-order valence-corrected chi connectivity index (χ4v) is 2.97. The van der Waals surface area contributed by atoms with Crippen LogP contribution in [0.5, 0.6) is 0 Å². The average molecular weight is 288 g/mol. The Hall–Kier alpha value is -1.32. The molecule has 2 unspecified atom stereocenters. The zero-order valence-electron chi connectivity index (χ0n) is 14.1. The molecule has 0 aliphatic rings. The van der Waals surface area contributed by atoms with Gasteiger partial charge in [0.25, 0.3) is 0 Å². The van der Waals surface area contributed by atoms with Crippen molar-refractivity contribution >= 4 is 11.0 Å². The van der Waals surface area contributed by atoms with Crippen LogP contribution in [0.2, 0.25) is 0 Å². The lowest BCUT2D eigenvalue weighted by molar-refractivity contribution is 0.0999. The van der Waals surface area contributed by atoms with Crippen LogP contribution in [0.15, 0.2) is 28.7 Å². The first-order valence-electron chi connectivity index (χ1n) is 7.67. The van der Waals surface area contributed by atoms with Crippen LogP contribution in [0.4, 0.5) is 0 Å². The molecule has 0 aliphatic carbocycles. The van der Waals surface area contributed by atoms with E-state index in [-0.39, 0.29) is 11.5 Å². The van der Waals surface area contributed by atoms with E-state index < -0.39 is 0 Å². The van der Waals surface area contributed by atoms with Gasteiger partial charge in [0.15, 0.2) is 0 Å². The van der Waals surface area contributed by atoms with Crippen LogP contribution >= 0.6 is 0 Å². The molecule has 0 aliphatic heterocycles. The van der Waals surface area contributed by atoms with Crippen molar-refractivity contribution in [1.29, 1.82) is 0 Å². The molecule has 0 spiro atoms. The highest BCUT2D eigenvalue weighted by Crippen LogP contribution is 2.36. The van der Waals surface area contributed by atoms with Crippen molar-refractivity contribution in [2.24, 2.45) is 11.1 Å². The molecule has 2 atom stereocenters. The summed E-state index contributed by atoms with van der Waals surface area (Å²) in [6, 6.07) is 8.80. The fourth-order valence-electron chi connectivity index (χ4n) is 2.97. The molecule has 2 N–H and O–H groups in total. The Labute approximate surface area is 128 Å². The van der Waals surface area contributed by atoms with Gasteiger partial charge < -0.3 is 10.2 Å². The van der Waals surface area contributed by atoms with Crippen LogP contribution in [-0.2, 0) is 0 Å². The smallest absolute Gasteiger partial charge is 0.134 e. The molecule has 0 saturated heterocycles. The first-order valence-corrected chi connectivity index (χ1v) is 7.67. The Balaban J connectivity index is 2.47. The van der Waals surface area contributed by atoms with Crippen molar-refractivity contribution < 1.29 is 4.42 Å². The number of nitrogens with zero attached hydrogens (tertiary/aromatic N) is 1. The van der Waals surface area contributed by atoms with Gasteiger partial charge in [-0.1, -0.05) is 39.0 Å². The summed E-state index contributed by atoms with van der Waals surface area (Å²) in [6.45, 7) is 11.7. The van der Waals surface area contributed by atoms with E-state index in [4.69, 9.17) is 10.2 Å². The van der Waals surface area contributed by atoms with Gasteiger partial charge in [0.05, 0.1) is 6.04 Å². The standard InChI is InChI=1S/C18H28N2O/c1-12-17(14-9-7-8-10-16(14)21-12)15(11-19)20(6)13(2)18(3,4)5/h7-10,13,15H,11,19H2,1-6H3. The number of likely N-dealkylation sites (N-methyl/N-ethyl adjacent to an activating group) is 1. The Morgan fingerprint density at radius 3 is 2.43 bits per heavy atom. The van der Waals surface area contributed by atoms with E-state index in [1.807, 2.05) is 19.1 Å². The van der Waals surface area contributed by atoms with Crippen molar-refractivity contribution in [1.82, 2.24) is 4.90 Å². The van der Waals surface area contributed by atoms with Crippen LogP contribution in [0.3, 0.4) is 0 Å². The summed E-state index contributed by atoms with van der Waals surface area (Å²) in [6.07, 6.45) is 0. The molecule has 0 bridgehead atoms. The van der Waals surface area contributed by atoms with Crippen molar-refractivity contribution in [3.63, 3.8) is 0 Å². The Morgan fingerprint density at radius 2 is 1.86 bits per heavy atom. The molecule has 1 aromatic carbocycles. The maximum atomic E-state index is 6.12. The minimum absolute atomic E-state index is 0.169. The summed E-state index contributed by atoms with van der Waals surface area (Å²) < 4.78 is 5.92. The number of fused-ring (bicyclic) bond motifs is 1. The largest absolute Gasteiger partial charge is 0.461 e. The van der Waals surface area contributed by atoms with Crippen molar-refractivity contribution in [3.05, 3.63) is 35.6 Å². The molecular formula is C18H28N2O. The van der Waals surface area contributed by atoms with E-state index in [0.717, 1.165) is 11.3 Å². The monoisotopic (exact) mass is 288 g/mol. The first-order chi connectivity index (χ1) is 9.77. The number of benzene rings is 1. The first kappa shape index (κ1) is 16.1. The van der Waals surface area contributed by atoms with Gasteiger partial charge in [-0.25, -0.2) is 0 Å². The minimum Gasteiger partial charge on any atom is -0.461 e. The summed E-state index contributed by atoms with van der Waals surface area (Å²) in [5.74, 6) is 0.972. The SMILES string of the molecule is Cc1oc2ccccc2c1C(CN)N(C)C(C)C(C)(C)C. The number of rotatable bonds is 4. The zero-order chi connectivity index (χ0) is 15.8. The number of para-hydroxylation sites is 1.